The molecule has 2 aromatic heterocycles. The first-order valence-corrected chi connectivity index (χ1v) is 11.0. The number of carbonyl (C=O) groups is 2. The van der Waals surface area contributed by atoms with Crippen LogP contribution in [0.1, 0.15) is 15.4 Å². The summed E-state index contributed by atoms with van der Waals surface area (Å²) in [6.45, 7) is 3.12. The molecule has 9 heteroatoms. The number of nitrogens with zero attached hydrogens (tertiary/aromatic N) is 2. The van der Waals surface area contributed by atoms with Crippen LogP contribution < -0.4 is 15.5 Å². The second kappa shape index (κ2) is 9.17. The topological polar surface area (TPSA) is 83.6 Å². The minimum absolute atomic E-state index is 0.146. The number of hydrogen-bond donors (Lipinski definition) is 2. The van der Waals surface area contributed by atoms with Crippen LogP contribution in [0.15, 0.2) is 47.2 Å². The number of nitrogens with one attached hydrogen (secondary N) is 2. The largest absolute Gasteiger partial charge is 0.378 e. The van der Waals surface area contributed by atoms with Gasteiger partial charge in [-0.3, -0.25) is 14.9 Å². The molecule has 150 valence electrons. The van der Waals surface area contributed by atoms with Gasteiger partial charge in [-0.1, -0.05) is 12.1 Å². The van der Waals surface area contributed by atoms with Gasteiger partial charge >= 0.3 is 0 Å². The zero-order valence-corrected chi connectivity index (χ0v) is 17.2. The standard InChI is InChI=1S/C20H20N4O3S2/c25-18(21-14-3-1-4-16(11-14)24-6-8-27-9-7-24)12-15-13-29-20(22-15)23-19(26)17-5-2-10-28-17/h1-5,10-11,13H,6-9,12H2,(H,21,25)(H,22,23,26). The number of ether oxygens (including phenoxy) is 1. The zero-order chi connectivity index (χ0) is 20.1. The van der Waals surface area contributed by atoms with Gasteiger partial charge in [-0.05, 0) is 29.6 Å². The number of benzene rings is 1. The lowest BCUT2D eigenvalue weighted by Gasteiger charge is -2.29. The van der Waals surface area contributed by atoms with E-state index in [9.17, 15) is 9.59 Å². The number of anilines is 3. The van der Waals surface area contributed by atoms with Crippen LogP contribution >= 0.6 is 22.7 Å². The summed E-state index contributed by atoms with van der Waals surface area (Å²) < 4.78 is 5.39. The van der Waals surface area contributed by atoms with Gasteiger partial charge in [0.15, 0.2) is 5.13 Å². The van der Waals surface area contributed by atoms with E-state index in [1.165, 1.54) is 22.7 Å². The van der Waals surface area contributed by atoms with Crippen molar-refractivity contribution in [2.75, 3.05) is 41.8 Å². The maximum absolute atomic E-state index is 12.4. The van der Waals surface area contributed by atoms with Crippen LogP contribution in [0, 0.1) is 0 Å². The van der Waals surface area contributed by atoms with E-state index >= 15 is 0 Å². The maximum Gasteiger partial charge on any atom is 0.267 e. The van der Waals surface area contributed by atoms with Crippen LogP contribution in [0.2, 0.25) is 0 Å². The van der Waals surface area contributed by atoms with Gasteiger partial charge in [0.1, 0.15) is 0 Å². The van der Waals surface area contributed by atoms with Gasteiger partial charge in [-0.2, -0.15) is 0 Å². The van der Waals surface area contributed by atoms with E-state index in [1.807, 2.05) is 35.7 Å². The molecule has 29 heavy (non-hydrogen) atoms. The lowest BCUT2D eigenvalue weighted by Crippen LogP contribution is -2.36. The van der Waals surface area contributed by atoms with Crippen LogP contribution in [0.4, 0.5) is 16.5 Å². The lowest BCUT2D eigenvalue weighted by atomic mass is 10.2. The molecule has 1 aliphatic rings. The predicted octanol–water partition coefficient (Wildman–Crippen LogP) is 3.47. The number of amides is 2. The van der Waals surface area contributed by atoms with Gasteiger partial charge in [-0.25, -0.2) is 4.98 Å². The molecular formula is C20H20N4O3S2. The summed E-state index contributed by atoms with van der Waals surface area (Å²) in [5, 5.41) is 9.81. The quantitative estimate of drug-likeness (QED) is 0.628. The Bertz CT molecular complexity index is 981. The van der Waals surface area contributed by atoms with E-state index in [0.717, 1.165) is 24.5 Å². The Labute approximate surface area is 176 Å². The van der Waals surface area contributed by atoms with E-state index in [0.29, 0.717) is 28.9 Å². The van der Waals surface area contributed by atoms with Gasteiger partial charge < -0.3 is 15.0 Å². The highest BCUT2D eigenvalue weighted by atomic mass is 32.1. The fourth-order valence-electron chi connectivity index (χ4n) is 2.98. The third kappa shape index (κ3) is 5.20. The minimum atomic E-state index is -0.190. The number of thiazole rings is 1. The van der Waals surface area contributed by atoms with E-state index in [2.05, 4.69) is 20.5 Å². The van der Waals surface area contributed by atoms with Crippen molar-refractivity contribution in [3.63, 3.8) is 0 Å². The summed E-state index contributed by atoms with van der Waals surface area (Å²) in [7, 11) is 0. The summed E-state index contributed by atoms with van der Waals surface area (Å²) >= 11 is 2.68. The Kier molecular flexibility index (Phi) is 6.18. The van der Waals surface area contributed by atoms with Gasteiger partial charge in [0.2, 0.25) is 5.91 Å². The second-order valence-corrected chi connectivity index (χ2v) is 8.26. The van der Waals surface area contributed by atoms with Crippen molar-refractivity contribution in [3.8, 4) is 0 Å². The fraction of sp³-hybridized carbons (Fsp3) is 0.250. The van der Waals surface area contributed by atoms with Crippen LogP contribution in [-0.2, 0) is 16.0 Å². The van der Waals surface area contributed by atoms with Gasteiger partial charge in [0, 0.05) is 29.8 Å². The number of carbonyl (C=O) groups excluding carboxylic acids is 2. The molecule has 2 amide bonds. The van der Waals surface area contributed by atoms with E-state index < -0.39 is 0 Å². The Balaban J connectivity index is 1.33. The van der Waals surface area contributed by atoms with Crippen LogP contribution in [0.5, 0.6) is 0 Å². The zero-order valence-electron chi connectivity index (χ0n) is 15.6. The molecule has 7 nitrogen and oxygen atoms in total. The minimum Gasteiger partial charge on any atom is -0.378 e. The average Bonchev–Trinajstić information content (AvgIpc) is 3.41. The molecule has 1 saturated heterocycles. The highest BCUT2D eigenvalue weighted by Crippen LogP contribution is 2.22. The Hall–Kier alpha value is -2.75. The van der Waals surface area contributed by atoms with Crippen LogP contribution in [0.3, 0.4) is 0 Å². The third-order valence-corrected chi connectivity index (χ3v) is 6.04. The second-order valence-electron chi connectivity index (χ2n) is 6.45. The first-order chi connectivity index (χ1) is 14.2. The molecule has 1 aromatic carbocycles. The molecular weight excluding hydrogens is 408 g/mol. The highest BCUT2D eigenvalue weighted by molar-refractivity contribution is 7.14. The Morgan fingerprint density at radius 1 is 1.10 bits per heavy atom. The monoisotopic (exact) mass is 428 g/mol. The van der Waals surface area contributed by atoms with Crippen molar-refractivity contribution in [1.29, 1.82) is 0 Å². The SMILES string of the molecule is O=C(Cc1csc(NC(=O)c2cccs2)n1)Nc1cccc(N2CCOCC2)c1. The molecule has 3 heterocycles. The van der Waals surface area contributed by atoms with Gasteiger partial charge in [0.05, 0.1) is 30.2 Å². The molecule has 0 radical (unpaired) electrons. The van der Waals surface area contributed by atoms with Crippen molar-refractivity contribution in [3.05, 3.63) is 57.7 Å². The van der Waals surface area contributed by atoms with E-state index in [1.54, 1.807) is 11.4 Å². The van der Waals surface area contributed by atoms with E-state index in [4.69, 9.17) is 4.74 Å². The van der Waals surface area contributed by atoms with Crippen LogP contribution in [0.25, 0.3) is 0 Å². The molecule has 0 saturated carbocycles. The lowest BCUT2D eigenvalue weighted by molar-refractivity contribution is -0.115. The molecule has 0 aliphatic carbocycles. The smallest absolute Gasteiger partial charge is 0.267 e. The van der Waals surface area contributed by atoms with E-state index in [-0.39, 0.29) is 18.2 Å². The number of morpholine rings is 1. The molecule has 1 fully saturated rings. The molecule has 1 aliphatic heterocycles. The normalized spacial score (nSPS) is 13.9. The number of hydrogen-bond acceptors (Lipinski definition) is 7. The fourth-order valence-corrected chi connectivity index (χ4v) is 4.31. The molecule has 4 rings (SSSR count). The molecule has 0 unspecified atom stereocenters. The highest BCUT2D eigenvalue weighted by Gasteiger charge is 2.14. The number of aromatic nitrogens is 1. The number of rotatable bonds is 6. The Morgan fingerprint density at radius 3 is 2.76 bits per heavy atom. The summed E-state index contributed by atoms with van der Waals surface area (Å²) in [5.74, 6) is -0.337. The van der Waals surface area contributed by atoms with Gasteiger partial charge in [0.25, 0.3) is 5.91 Å². The Morgan fingerprint density at radius 2 is 1.97 bits per heavy atom. The third-order valence-electron chi connectivity index (χ3n) is 4.36. The molecule has 0 atom stereocenters. The summed E-state index contributed by atoms with van der Waals surface area (Å²) in [5.41, 5.74) is 2.44. The summed E-state index contributed by atoms with van der Waals surface area (Å²) in [6, 6.07) is 11.4. The van der Waals surface area contributed by atoms with Crippen molar-refractivity contribution in [2.45, 2.75) is 6.42 Å². The van der Waals surface area contributed by atoms with Crippen molar-refractivity contribution < 1.29 is 14.3 Å². The molecule has 0 bridgehead atoms. The number of thiophene rings is 1. The van der Waals surface area contributed by atoms with Crippen molar-refractivity contribution in [2.24, 2.45) is 0 Å². The molecule has 2 N–H and O–H groups in total. The summed E-state index contributed by atoms with van der Waals surface area (Å²) in [6.07, 6.45) is 0.146. The van der Waals surface area contributed by atoms with Crippen molar-refractivity contribution in [1.82, 2.24) is 4.98 Å². The predicted molar refractivity (Wildman–Crippen MR) is 116 cm³/mol. The first-order valence-electron chi connectivity index (χ1n) is 9.19. The molecule has 3 aromatic rings. The summed E-state index contributed by atoms with van der Waals surface area (Å²) in [4.78, 5) is 31.7. The average molecular weight is 429 g/mol. The molecule has 0 spiro atoms. The van der Waals surface area contributed by atoms with Gasteiger partial charge in [-0.15, -0.1) is 22.7 Å². The first kappa shape index (κ1) is 19.6. The van der Waals surface area contributed by atoms with Crippen LogP contribution in [-0.4, -0.2) is 43.1 Å². The maximum atomic E-state index is 12.4. The van der Waals surface area contributed by atoms with Crippen molar-refractivity contribution >= 4 is 51.0 Å².